The molecule has 0 amide bonds. The van der Waals surface area contributed by atoms with E-state index in [4.69, 9.17) is 4.74 Å². The number of hydrogen-bond acceptors (Lipinski definition) is 2. The molecule has 0 radical (unpaired) electrons. The molecule has 0 aliphatic rings. The van der Waals surface area contributed by atoms with Crippen molar-refractivity contribution in [2.45, 2.75) is 26.0 Å². The van der Waals surface area contributed by atoms with E-state index in [1.165, 1.54) is 21.9 Å². The molecule has 0 fully saturated rings. The van der Waals surface area contributed by atoms with Crippen molar-refractivity contribution in [3.63, 3.8) is 0 Å². The Bertz CT molecular complexity index is 992. The van der Waals surface area contributed by atoms with E-state index in [9.17, 15) is 0 Å². The van der Waals surface area contributed by atoms with Gasteiger partial charge in [-0.25, -0.2) is 4.98 Å². The van der Waals surface area contributed by atoms with Crippen LogP contribution in [0.25, 0.3) is 10.8 Å². The van der Waals surface area contributed by atoms with Gasteiger partial charge in [-0.1, -0.05) is 55.5 Å². The van der Waals surface area contributed by atoms with Crippen LogP contribution in [0.1, 0.15) is 24.2 Å². The van der Waals surface area contributed by atoms with Crippen LogP contribution in [0.2, 0.25) is 0 Å². The number of aromatic nitrogens is 2. The Morgan fingerprint density at radius 3 is 2.65 bits per heavy atom. The Balaban J connectivity index is 1.68. The van der Waals surface area contributed by atoms with Gasteiger partial charge >= 0.3 is 0 Å². The van der Waals surface area contributed by atoms with Crippen molar-refractivity contribution in [3.05, 3.63) is 96.6 Å². The van der Waals surface area contributed by atoms with E-state index < -0.39 is 0 Å². The van der Waals surface area contributed by atoms with Gasteiger partial charge in [0.25, 0.3) is 0 Å². The van der Waals surface area contributed by atoms with E-state index >= 15 is 0 Å². The molecule has 0 spiro atoms. The summed E-state index contributed by atoms with van der Waals surface area (Å²) in [5.74, 6) is 0.905. The third kappa shape index (κ3) is 3.62. The lowest BCUT2D eigenvalue weighted by atomic mass is 10.0. The Morgan fingerprint density at radius 1 is 0.962 bits per heavy atom. The van der Waals surface area contributed by atoms with E-state index in [0.29, 0.717) is 6.54 Å². The monoisotopic (exact) mass is 342 g/mol. The molecule has 1 atom stereocenters. The molecule has 0 bridgehead atoms. The van der Waals surface area contributed by atoms with Crippen LogP contribution in [0.5, 0.6) is 5.75 Å². The molecule has 1 heterocycles. The maximum Gasteiger partial charge on any atom is 0.142 e. The summed E-state index contributed by atoms with van der Waals surface area (Å²) in [6, 6.07) is 23.3. The molecule has 3 aromatic carbocycles. The summed E-state index contributed by atoms with van der Waals surface area (Å²) in [6.45, 7) is 2.88. The number of hydrogen-bond donors (Lipinski definition) is 0. The van der Waals surface area contributed by atoms with Gasteiger partial charge < -0.3 is 9.30 Å². The molecular weight excluding hydrogens is 320 g/mol. The molecule has 26 heavy (non-hydrogen) atoms. The molecule has 4 rings (SSSR count). The summed E-state index contributed by atoms with van der Waals surface area (Å²) < 4.78 is 8.48. The third-order valence-corrected chi connectivity index (χ3v) is 4.67. The van der Waals surface area contributed by atoms with E-state index in [1.54, 1.807) is 6.20 Å². The van der Waals surface area contributed by atoms with Crippen LogP contribution in [0.4, 0.5) is 0 Å². The van der Waals surface area contributed by atoms with Crippen LogP contribution in [0, 0.1) is 0 Å². The molecule has 4 aromatic rings. The highest BCUT2D eigenvalue weighted by Crippen LogP contribution is 2.27. The van der Waals surface area contributed by atoms with Gasteiger partial charge in [0, 0.05) is 12.4 Å². The van der Waals surface area contributed by atoms with E-state index in [1.807, 2.05) is 18.6 Å². The lowest BCUT2D eigenvalue weighted by molar-refractivity contribution is 0.183. The van der Waals surface area contributed by atoms with Crippen molar-refractivity contribution >= 4 is 10.8 Å². The molecule has 3 nitrogen and oxygen atoms in total. The van der Waals surface area contributed by atoms with Gasteiger partial charge in [0.1, 0.15) is 11.9 Å². The van der Waals surface area contributed by atoms with E-state index in [0.717, 1.165) is 12.2 Å². The van der Waals surface area contributed by atoms with Crippen molar-refractivity contribution in [2.24, 2.45) is 0 Å². The summed E-state index contributed by atoms with van der Waals surface area (Å²) in [4.78, 5) is 4.16. The fraction of sp³-hybridized carbons (Fsp3) is 0.174. The third-order valence-electron chi connectivity index (χ3n) is 4.67. The van der Waals surface area contributed by atoms with Crippen molar-refractivity contribution in [1.29, 1.82) is 0 Å². The minimum atomic E-state index is -0.0825. The molecule has 0 aliphatic carbocycles. The average molecular weight is 342 g/mol. The lowest BCUT2D eigenvalue weighted by Gasteiger charge is -2.21. The highest BCUT2D eigenvalue weighted by Gasteiger charge is 2.15. The molecule has 1 unspecified atom stereocenters. The normalized spacial score (nSPS) is 12.2. The second-order valence-corrected chi connectivity index (χ2v) is 6.47. The Morgan fingerprint density at radius 2 is 1.85 bits per heavy atom. The molecule has 1 aromatic heterocycles. The van der Waals surface area contributed by atoms with Gasteiger partial charge in [0.15, 0.2) is 0 Å². The predicted molar refractivity (Wildman–Crippen MR) is 105 cm³/mol. The standard InChI is InChI=1S/C23H22N2O/c1-2-18-6-5-9-22(14-18)26-23(16-25-13-12-24-17-25)21-11-10-19-7-3-4-8-20(19)15-21/h3-15,17,23H,2,16H2,1H3. The SMILES string of the molecule is CCc1cccc(OC(Cn2ccnc2)c2ccc3ccccc3c2)c1. The molecule has 3 heteroatoms. The Hall–Kier alpha value is -3.07. The summed E-state index contributed by atoms with van der Waals surface area (Å²) in [5, 5.41) is 2.47. The van der Waals surface area contributed by atoms with E-state index in [2.05, 4.69) is 77.1 Å². The zero-order valence-electron chi connectivity index (χ0n) is 14.9. The minimum Gasteiger partial charge on any atom is -0.484 e. The number of imidazole rings is 1. The molecule has 0 N–H and O–H groups in total. The number of aryl methyl sites for hydroxylation is 1. The molecule has 130 valence electrons. The fourth-order valence-electron chi connectivity index (χ4n) is 3.21. The molecule has 0 saturated heterocycles. The quantitative estimate of drug-likeness (QED) is 0.468. The Labute approximate surface area is 153 Å². The van der Waals surface area contributed by atoms with Crippen LogP contribution < -0.4 is 4.74 Å². The van der Waals surface area contributed by atoms with Gasteiger partial charge in [-0.05, 0) is 46.5 Å². The van der Waals surface area contributed by atoms with Crippen LogP contribution in [-0.4, -0.2) is 9.55 Å². The molecule has 0 saturated carbocycles. The molecular formula is C23H22N2O. The highest BCUT2D eigenvalue weighted by molar-refractivity contribution is 5.83. The van der Waals surface area contributed by atoms with Crippen LogP contribution >= 0.6 is 0 Å². The Kier molecular flexibility index (Phi) is 4.69. The fourth-order valence-corrected chi connectivity index (χ4v) is 3.21. The lowest BCUT2D eigenvalue weighted by Crippen LogP contribution is -2.14. The number of benzene rings is 3. The second kappa shape index (κ2) is 7.44. The number of ether oxygens (including phenoxy) is 1. The van der Waals surface area contributed by atoms with Crippen molar-refractivity contribution in [2.75, 3.05) is 0 Å². The van der Waals surface area contributed by atoms with Crippen LogP contribution in [-0.2, 0) is 13.0 Å². The van der Waals surface area contributed by atoms with Gasteiger partial charge in [-0.15, -0.1) is 0 Å². The number of fused-ring (bicyclic) bond motifs is 1. The van der Waals surface area contributed by atoms with Crippen molar-refractivity contribution in [1.82, 2.24) is 9.55 Å². The smallest absolute Gasteiger partial charge is 0.142 e. The van der Waals surface area contributed by atoms with Crippen LogP contribution in [0.3, 0.4) is 0 Å². The number of nitrogens with zero attached hydrogens (tertiary/aromatic N) is 2. The first-order valence-corrected chi connectivity index (χ1v) is 9.02. The summed E-state index contributed by atoms with van der Waals surface area (Å²) in [5.41, 5.74) is 2.45. The first kappa shape index (κ1) is 16.4. The zero-order valence-corrected chi connectivity index (χ0v) is 14.9. The van der Waals surface area contributed by atoms with Crippen molar-refractivity contribution < 1.29 is 4.74 Å². The first-order chi connectivity index (χ1) is 12.8. The highest BCUT2D eigenvalue weighted by atomic mass is 16.5. The second-order valence-electron chi connectivity index (χ2n) is 6.47. The average Bonchev–Trinajstić information content (AvgIpc) is 3.20. The van der Waals surface area contributed by atoms with Crippen LogP contribution in [0.15, 0.2) is 85.5 Å². The zero-order chi connectivity index (χ0) is 17.8. The largest absolute Gasteiger partial charge is 0.484 e. The minimum absolute atomic E-state index is 0.0825. The number of rotatable bonds is 6. The summed E-state index contributed by atoms with van der Waals surface area (Å²) >= 11 is 0. The van der Waals surface area contributed by atoms with Gasteiger partial charge in [-0.2, -0.15) is 0 Å². The van der Waals surface area contributed by atoms with Crippen molar-refractivity contribution in [3.8, 4) is 5.75 Å². The first-order valence-electron chi connectivity index (χ1n) is 9.02. The van der Waals surface area contributed by atoms with Gasteiger partial charge in [0.05, 0.1) is 12.9 Å². The van der Waals surface area contributed by atoms with Gasteiger partial charge in [0.2, 0.25) is 0 Å². The van der Waals surface area contributed by atoms with Gasteiger partial charge in [-0.3, -0.25) is 0 Å². The predicted octanol–water partition coefficient (Wildman–Crippen LogP) is 5.42. The topological polar surface area (TPSA) is 27.1 Å². The van der Waals surface area contributed by atoms with E-state index in [-0.39, 0.29) is 6.10 Å². The molecule has 0 aliphatic heterocycles. The maximum atomic E-state index is 6.42. The summed E-state index contributed by atoms with van der Waals surface area (Å²) in [7, 11) is 0. The summed E-state index contributed by atoms with van der Waals surface area (Å²) in [6.07, 6.45) is 6.52. The maximum absolute atomic E-state index is 6.42.